The summed E-state index contributed by atoms with van der Waals surface area (Å²) in [6.07, 6.45) is 1.23. The van der Waals surface area contributed by atoms with Crippen LogP contribution in [0.15, 0.2) is 0 Å². The van der Waals surface area contributed by atoms with Gasteiger partial charge in [0.25, 0.3) is 0 Å². The Morgan fingerprint density at radius 3 is 2.71 bits per heavy atom. The predicted octanol–water partition coefficient (Wildman–Crippen LogP) is 2.44. The quantitative estimate of drug-likeness (QED) is 0.862. The first-order chi connectivity index (χ1) is 8.20. The molecular weight excluding hydrogens is 232 g/mol. The third kappa shape index (κ3) is 3.03. The van der Waals surface area contributed by atoms with E-state index < -0.39 is 0 Å². The molecular formula is C12H20N4S. The van der Waals surface area contributed by atoms with E-state index in [0.717, 1.165) is 29.6 Å². The van der Waals surface area contributed by atoms with Gasteiger partial charge in [-0.3, -0.25) is 0 Å². The van der Waals surface area contributed by atoms with Gasteiger partial charge in [0.15, 0.2) is 0 Å². The molecule has 94 valence electrons. The minimum atomic E-state index is 0.558. The van der Waals surface area contributed by atoms with Crippen LogP contribution in [0.1, 0.15) is 24.7 Å². The van der Waals surface area contributed by atoms with Crippen molar-refractivity contribution in [3.05, 3.63) is 11.4 Å². The number of aryl methyl sites for hydroxylation is 1. The normalized spacial score (nSPS) is 19.4. The molecule has 2 N–H and O–H groups in total. The van der Waals surface area contributed by atoms with E-state index in [1.54, 1.807) is 0 Å². The number of anilines is 2. The fourth-order valence-electron chi connectivity index (χ4n) is 1.95. The van der Waals surface area contributed by atoms with Gasteiger partial charge in [0.05, 0.1) is 0 Å². The molecule has 0 amide bonds. The van der Waals surface area contributed by atoms with Gasteiger partial charge in [-0.25, -0.2) is 9.97 Å². The highest BCUT2D eigenvalue weighted by Crippen LogP contribution is 2.24. The van der Waals surface area contributed by atoms with Crippen molar-refractivity contribution >= 4 is 23.4 Å². The van der Waals surface area contributed by atoms with Crippen LogP contribution in [-0.2, 0) is 0 Å². The topological polar surface area (TPSA) is 49.8 Å². The molecule has 5 heteroatoms. The first kappa shape index (κ1) is 12.5. The van der Waals surface area contributed by atoms with E-state index in [1.165, 1.54) is 17.9 Å². The summed E-state index contributed by atoms with van der Waals surface area (Å²) in [7, 11) is 0. The first-order valence-electron chi connectivity index (χ1n) is 6.14. The van der Waals surface area contributed by atoms with Gasteiger partial charge in [0.2, 0.25) is 0 Å². The van der Waals surface area contributed by atoms with Gasteiger partial charge in [-0.05, 0) is 32.9 Å². The summed E-state index contributed by atoms with van der Waals surface area (Å²) in [5.74, 6) is 5.19. The fraction of sp³-hybridized carbons (Fsp3) is 0.667. The van der Waals surface area contributed by atoms with Crippen LogP contribution in [0, 0.1) is 13.8 Å². The van der Waals surface area contributed by atoms with Crippen LogP contribution in [0.2, 0.25) is 0 Å². The maximum absolute atomic E-state index is 4.51. The van der Waals surface area contributed by atoms with Crippen LogP contribution in [0.5, 0.6) is 0 Å². The second-order valence-corrected chi connectivity index (χ2v) is 5.48. The van der Waals surface area contributed by atoms with Gasteiger partial charge >= 0.3 is 0 Å². The Bertz CT molecular complexity index is 388. The maximum atomic E-state index is 4.51. The van der Waals surface area contributed by atoms with Crippen molar-refractivity contribution in [2.75, 3.05) is 28.7 Å². The summed E-state index contributed by atoms with van der Waals surface area (Å²) in [6.45, 7) is 6.98. The Morgan fingerprint density at radius 1 is 1.29 bits per heavy atom. The minimum Gasteiger partial charge on any atom is -0.370 e. The zero-order valence-corrected chi connectivity index (χ0v) is 11.5. The largest absolute Gasteiger partial charge is 0.370 e. The molecule has 1 unspecified atom stereocenters. The molecule has 0 bridgehead atoms. The van der Waals surface area contributed by atoms with Gasteiger partial charge in [-0.2, -0.15) is 11.8 Å². The van der Waals surface area contributed by atoms with Gasteiger partial charge in [0, 0.05) is 23.9 Å². The first-order valence-corrected chi connectivity index (χ1v) is 7.29. The molecule has 1 atom stereocenters. The lowest BCUT2D eigenvalue weighted by atomic mass is 10.2. The van der Waals surface area contributed by atoms with E-state index in [0.29, 0.717) is 6.04 Å². The lowest BCUT2D eigenvalue weighted by Crippen LogP contribution is -2.20. The standard InChI is InChI=1S/C12H20N4S/c1-4-13-11-8(2)12(15-9(3)14-11)16-10-5-6-17-7-10/h10H,4-7H2,1-3H3,(H2,13,14,15,16). The summed E-state index contributed by atoms with van der Waals surface area (Å²) >= 11 is 2.00. The Hall–Kier alpha value is -0.970. The summed E-state index contributed by atoms with van der Waals surface area (Å²) in [5.41, 5.74) is 1.12. The highest BCUT2D eigenvalue weighted by atomic mass is 32.2. The number of aromatic nitrogens is 2. The molecule has 1 saturated heterocycles. The molecule has 1 aromatic rings. The zero-order chi connectivity index (χ0) is 12.3. The van der Waals surface area contributed by atoms with Crippen molar-refractivity contribution in [1.29, 1.82) is 0 Å². The number of thioether (sulfide) groups is 1. The molecule has 1 aliphatic heterocycles. The highest BCUT2D eigenvalue weighted by molar-refractivity contribution is 7.99. The Morgan fingerprint density at radius 2 is 2.06 bits per heavy atom. The number of nitrogens with one attached hydrogen (secondary N) is 2. The molecule has 0 saturated carbocycles. The fourth-order valence-corrected chi connectivity index (χ4v) is 3.10. The van der Waals surface area contributed by atoms with Crippen molar-refractivity contribution in [3.63, 3.8) is 0 Å². The van der Waals surface area contributed by atoms with E-state index in [-0.39, 0.29) is 0 Å². The van der Waals surface area contributed by atoms with Crippen molar-refractivity contribution in [2.45, 2.75) is 33.2 Å². The van der Waals surface area contributed by atoms with E-state index in [4.69, 9.17) is 0 Å². The van der Waals surface area contributed by atoms with Crippen LogP contribution < -0.4 is 10.6 Å². The third-order valence-corrected chi connectivity index (χ3v) is 4.03. The second kappa shape index (κ2) is 5.58. The lowest BCUT2D eigenvalue weighted by Gasteiger charge is -2.17. The molecule has 17 heavy (non-hydrogen) atoms. The smallest absolute Gasteiger partial charge is 0.135 e. The molecule has 1 fully saturated rings. The van der Waals surface area contributed by atoms with Crippen molar-refractivity contribution < 1.29 is 0 Å². The monoisotopic (exact) mass is 252 g/mol. The van der Waals surface area contributed by atoms with E-state index >= 15 is 0 Å². The zero-order valence-electron chi connectivity index (χ0n) is 10.7. The van der Waals surface area contributed by atoms with Gasteiger partial charge in [0.1, 0.15) is 17.5 Å². The summed E-state index contributed by atoms with van der Waals surface area (Å²) in [5, 5.41) is 6.82. The van der Waals surface area contributed by atoms with E-state index in [2.05, 4.69) is 34.4 Å². The Labute approximate surface area is 107 Å². The van der Waals surface area contributed by atoms with Gasteiger partial charge in [-0.1, -0.05) is 0 Å². The average molecular weight is 252 g/mol. The predicted molar refractivity (Wildman–Crippen MR) is 75.0 cm³/mol. The molecule has 2 rings (SSSR count). The molecule has 1 aromatic heterocycles. The second-order valence-electron chi connectivity index (χ2n) is 4.33. The molecule has 1 aliphatic rings. The molecule has 0 spiro atoms. The molecule has 0 radical (unpaired) electrons. The van der Waals surface area contributed by atoms with E-state index in [9.17, 15) is 0 Å². The van der Waals surface area contributed by atoms with Crippen LogP contribution in [-0.4, -0.2) is 34.1 Å². The third-order valence-electron chi connectivity index (χ3n) is 2.87. The molecule has 0 aromatic carbocycles. The molecule has 0 aliphatic carbocycles. The number of hydrogen-bond donors (Lipinski definition) is 2. The average Bonchev–Trinajstić information content (AvgIpc) is 2.78. The lowest BCUT2D eigenvalue weighted by molar-refractivity contribution is 0.801. The van der Waals surface area contributed by atoms with Crippen molar-refractivity contribution in [1.82, 2.24) is 9.97 Å². The summed E-state index contributed by atoms with van der Waals surface area (Å²) in [4.78, 5) is 8.94. The minimum absolute atomic E-state index is 0.558. The Kier molecular flexibility index (Phi) is 4.10. The van der Waals surface area contributed by atoms with Crippen LogP contribution in [0.3, 0.4) is 0 Å². The Balaban J connectivity index is 2.19. The van der Waals surface area contributed by atoms with Crippen LogP contribution in [0.25, 0.3) is 0 Å². The maximum Gasteiger partial charge on any atom is 0.135 e. The van der Waals surface area contributed by atoms with Crippen LogP contribution >= 0.6 is 11.8 Å². The van der Waals surface area contributed by atoms with Crippen LogP contribution in [0.4, 0.5) is 11.6 Å². The van der Waals surface area contributed by atoms with Gasteiger partial charge in [-0.15, -0.1) is 0 Å². The number of rotatable bonds is 4. The highest BCUT2D eigenvalue weighted by Gasteiger charge is 2.17. The number of nitrogens with zero attached hydrogens (tertiary/aromatic N) is 2. The molecule has 4 nitrogen and oxygen atoms in total. The summed E-state index contributed by atoms with van der Waals surface area (Å²) in [6, 6.07) is 0.558. The van der Waals surface area contributed by atoms with Crippen molar-refractivity contribution in [2.24, 2.45) is 0 Å². The van der Waals surface area contributed by atoms with Crippen molar-refractivity contribution in [3.8, 4) is 0 Å². The SMILES string of the molecule is CCNc1nc(C)nc(NC2CCSC2)c1C. The van der Waals surface area contributed by atoms with E-state index in [1.807, 2.05) is 18.7 Å². The number of hydrogen-bond acceptors (Lipinski definition) is 5. The summed E-state index contributed by atoms with van der Waals surface area (Å²) < 4.78 is 0. The van der Waals surface area contributed by atoms with Gasteiger partial charge < -0.3 is 10.6 Å². The molecule has 2 heterocycles.